The van der Waals surface area contributed by atoms with Gasteiger partial charge in [0.25, 0.3) is 0 Å². The molecular formula is C15H20BrNO2. The lowest BCUT2D eigenvalue weighted by atomic mass is 9.70. The second-order valence-corrected chi connectivity index (χ2v) is 6.61. The maximum absolute atomic E-state index is 11.8. The summed E-state index contributed by atoms with van der Waals surface area (Å²) in [6.45, 7) is 4.23. The van der Waals surface area contributed by atoms with Crippen LogP contribution in [-0.4, -0.2) is 16.6 Å². The highest BCUT2D eigenvalue weighted by molar-refractivity contribution is 9.10. The Morgan fingerprint density at radius 3 is 2.79 bits per heavy atom. The van der Waals surface area contributed by atoms with Crippen LogP contribution in [0.3, 0.4) is 0 Å². The number of nitrogens with one attached hydrogen (secondary N) is 1. The molecule has 1 aliphatic rings. The van der Waals surface area contributed by atoms with Crippen molar-refractivity contribution in [2.75, 3.05) is 5.32 Å². The largest absolute Gasteiger partial charge is 0.479 e. The van der Waals surface area contributed by atoms with Crippen molar-refractivity contribution < 1.29 is 9.90 Å². The average Bonchev–Trinajstić information content (AvgIpc) is 2.32. The van der Waals surface area contributed by atoms with Gasteiger partial charge < -0.3 is 10.4 Å². The van der Waals surface area contributed by atoms with E-state index in [1.54, 1.807) is 0 Å². The lowest BCUT2D eigenvalue weighted by molar-refractivity contribution is -0.145. The first-order valence-electron chi connectivity index (χ1n) is 6.71. The predicted octanol–water partition coefficient (Wildman–Crippen LogP) is 4.14. The van der Waals surface area contributed by atoms with Gasteiger partial charge in [-0.2, -0.15) is 0 Å². The van der Waals surface area contributed by atoms with Gasteiger partial charge in [0.2, 0.25) is 0 Å². The number of halogens is 1. The van der Waals surface area contributed by atoms with Crippen LogP contribution >= 0.6 is 15.9 Å². The van der Waals surface area contributed by atoms with Gasteiger partial charge in [-0.25, -0.2) is 4.79 Å². The minimum absolute atomic E-state index is 0.118. The molecule has 0 saturated heterocycles. The first-order valence-corrected chi connectivity index (χ1v) is 7.50. The second-order valence-electron chi connectivity index (χ2n) is 5.69. The number of anilines is 1. The van der Waals surface area contributed by atoms with Crippen molar-refractivity contribution in [1.29, 1.82) is 0 Å². The monoisotopic (exact) mass is 325 g/mol. The van der Waals surface area contributed by atoms with Gasteiger partial charge in [0.15, 0.2) is 0 Å². The topological polar surface area (TPSA) is 49.3 Å². The third-order valence-electron chi connectivity index (χ3n) is 4.20. The molecule has 3 unspecified atom stereocenters. The summed E-state index contributed by atoms with van der Waals surface area (Å²) in [6, 6.07) is 7.69. The zero-order valence-corrected chi connectivity index (χ0v) is 12.9. The molecule has 104 valence electrons. The molecule has 1 aromatic rings. The highest BCUT2D eigenvalue weighted by Crippen LogP contribution is 2.39. The number of carboxylic acid groups (broad SMARTS) is 1. The van der Waals surface area contributed by atoms with E-state index in [4.69, 9.17) is 0 Å². The number of benzene rings is 1. The number of carboxylic acids is 1. The van der Waals surface area contributed by atoms with Crippen LogP contribution in [0.5, 0.6) is 0 Å². The first kappa shape index (κ1) is 14.4. The summed E-state index contributed by atoms with van der Waals surface area (Å²) in [7, 11) is 0. The van der Waals surface area contributed by atoms with E-state index in [9.17, 15) is 9.90 Å². The molecule has 19 heavy (non-hydrogen) atoms. The standard InChI is InChI=1S/C15H20BrNO2/c1-10-6-7-15(14(18)19,11(2)8-10)17-13-5-3-4-12(16)9-13/h3-5,9-11,17H,6-8H2,1-2H3,(H,18,19). The number of carbonyl (C=O) groups is 1. The summed E-state index contributed by atoms with van der Waals surface area (Å²) < 4.78 is 0.954. The quantitative estimate of drug-likeness (QED) is 0.878. The summed E-state index contributed by atoms with van der Waals surface area (Å²) in [6.07, 6.45) is 2.59. The SMILES string of the molecule is CC1CCC(Nc2cccc(Br)c2)(C(=O)O)C(C)C1. The molecule has 4 heteroatoms. The fourth-order valence-corrected chi connectivity index (χ4v) is 3.42. The number of hydrogen-bond donors (Lipinski definition) is 2. The Hall–Kier alpha value is -1.03. The van der Waals surface area contributed by atoms with Crippen LogP contribution in [0.1, 0.15) is 33.1 Å². The van der Waals surface area contributed by atoms with Gasteiger partial charge in [0.1, 0.15) is 5.54 Å². The zero-order valence-electron chi connectivity index (χ0n) is 11.3. The molecular weight excluding hydrogens is 306 g/mol. The first-order chi connectivity index (χ1) is 8.94. The fraction of sp³-hybridized carbons (Fsp3) is 0.533. The molecule has 2 rings (SSSR count). The number of hydrogen-bond acceptors (Lipinski definition) is 2. The minimum Gasteiger partial charge on any atom is -0.479 e. The van der Waals surface area contributed by atoms with Crippen molar-refractivity contribution in [3.8, 4) is 0 Å². The van der Waals surface area contributed by atoms with Crippen LogP contribution in [0.2, 0.25) is 0 Å². The second kappa shape index (κ2) is 5.53. The molecule has 1 fully saturated rings. The Bertz CT molecular complexity index is 477. The van der Waals surface area contributed by atoms with E-state index >= 15 is 0 Å². The Kier molecular flexibility index (Phi) is 4.19. The fourth-order valence-electron chi connectivity index (χ4n) is 3.02. The van der Waals surface area contributed by atoms with Crippen LogP contribution in [0.15, 0.2) is 28.7 Å². The van der Waals surface area contributed by atoms with E-state index in [0.29, 0.717) is 12.3 Å². The summed E-state index contributed by atoms with van der Waals surface area (Å²) >= 11 is 3.42. The molecule has 0 heterocycles. The summed E-state index contributed by atoms with van der Waals surface area (Å²) in [5, 5.41) is 13.0. The number of aliphatic carboxylic acids is 1. The van der Waals surface area contributed by atoms with Gasteiger partial charge in [0, 0.05) is 10.2 Å². The lowest BCUT2D eigenvalue weighted by Gasteiger charge is -2.42. The van der Waals surface area contributed by atoms with Gasteiger partial charge in [-0.05, 0) is 49.3 Å². The van der Waals surface area contributed by atoms with E-state index in [0.717, 1.165) is 23.0 Å². The third kappa shape index (κ3) is 2.94. The van der Waals surface area contributed by atoms with Gasteiger partial charge >= 0.3 is 5.97 Å². The van der Waals surface area contributed by atoms with Crippen LogP contribution in [0.25, 0.3) is 0 Å². The summed E-state index contributed by atoms with van der Waals surface area (Å²) in [5.41, 5.74) is 0.0194. The highest BCUT2D eigenvalue weighted by Gasteiger charge is 2.46. The molecule has 2 N–H and O–H groups in total. The van der Waals surface area contributed by atoms with Crippen LogP contribution < -0.4 is 5.32 Å². The van der Waals surface area contributed by atoms with Crippen LogP contribution in [0.4, 0.5) is 5.69 Å². The van der Waals surface area contributed by atoms with Gasteiger partial charge in [-0.15, -0.1) is 0 Å². The lowest BCUT2D eigenvalue weighted by Crippen LogP contribution is -2.54. The minimum atomic E-state index is -0.840. The van der Waals surface area contributed by atoms with E-state index in [2.05, 4.69) is 28.2 Å². The van der Waals surface area contributed by atoms with E-state index in [1.165, 1.54) is 0 Å². The van der Waals surface area contributed by atoms with Crippen molar-refractivity contribution in [3.05, 3.63) is 28.7 Å². The molecule has 3 nitrogen and oxygen atoms in total. The van der Waals surface area contributed by atoms with E-state index < -0.39 is 11.5 Å². The van der Waals surface area contributed by atoms with Crippen molar-refractivity contribution in [2.24, 2.45) is 11.8 Å². The molecule has 0 aromatic heterocycles. The predicted molar refractivity (Wildman–Crippen MR) is 80.3 cm³/mol. The molecule has 0 radical (unpaired) electrons. The third-order valence-corrected chi connectivity index (χ3v) is 4.70. The molecule has 3 atom stereocenters. The molecule has 0 spiro atoms. The van der Waals surface area contributed by atoms with Crippen molar-refractivity contribution in [1.82, 2.24) is 0 Å². The molecule has 0 aliphatic heterocycles. The van der Waals surface area contributed by atoms with E-state index in [1.807, 2.05) is 31.2 Å². The van der Waals surface area contributed by atoms with Crippen LogP contribution in [0, 0.1) is 11.8 Å². The Labute approximate surface area is 122 Å². The van der Waals surface area contributed by atoms with Crippen molar-refractivity contribution >= 4 is 27.6 Å². The molecule has 0 amide bonds. The van der Waals surface area contributed by atoms with Crippen molar-refractivity contribution in [2.45, 2.75) is 38.6 Å². The zero-order chi connectivity index (χ0) is 14.0. The Balaban J connectivity index is 2.28. The van der Waals surface area contributed by atoms with Gasteiger partial charge in [-0.3, -0.25) is 0 Å². The smallest absolute Gasteiger partial charge is 0.329 e. The Morgan fingerprint density at radius 1 is 1.47 bits per heavy atom. The summed E-state index contributed by atoms with van der Waals surface area (Å²) in [4.78, 5) is 11.8. The molecule has 0 bridgehead atoms. The summed E-state index contributed by atoms with van der Waals surface area (Å²) in [5.74, 6) is -0.0219. The maximum Gasteiger partial charge on any atom is 0.329 e. The Morgan fingerprint density at radius 2 is 2.21 bits per heavy atom. The van der Waals surface area contributed by atoms with Crippen LogP contribution in [-0.2, 0) is 4.79 Å². The van der Waals surface area contributed by atoms with Gasteiger partial charge in [0.05, 0.1) is 0 Å². The molecule has 1 aliphatic carbocycles. The average molecular weight is 326 g/mol. The normalized spacial score (nSPS) is 30.9. The highest BCUT2D eigenvalue weighted by atomic mass is 79.9. The molecule has 1 saturated carbocycles. The maximum atomic E-state index is 11.8. The van der Waals surface area contributed by atoms with Crippen molar-refractivity contribution in [3.63, 3.8) is 0 Å². The van der Waals surface area contributed by atoms with Gasteiger partial charge in [-0.1, -0.05) is 35.8 Å². The molecule has 1 aromatic carbocycles. The van der Waals surface area contributed by atoms with E-state index in [-0.39, 0.29) is 5.92 Å². The number of rotatable bonds is 3.